The lowest BCUT2D eigenvalue weighted by molar-refractivity contribution is -0.146. The second-order valence-electron chi connectivity index (χ2n) is 6.13. The van der Waals surface area contributed by atoms with E-state index in [4.69, 9.17) is 5.11 Å². The van der Waals surface area contributed by atoms with Crippen LogP contribution in [0.25, 0.3) is 0 Å². The first-order chi connectivity index (χ1) is 8.99. The highest BCUT2D eigenvalue weighted by molar-refractivity contribution is 5.85. The summed E-state index contributed by atoms with van der Waals surface area (Å²) in [6.45, 7) is 4.12. The van der Waals surface area contributed by atoms with Crippen molar-refractivity contribution in [1.29, 1.82) is 0 Å². The van der Waals surface area contributed by atoms with E-state index in [2.05, 4.69) is 24.2 Å². The number of aliphatic carboxylic acids is 1. The molecule has 5 heteroatoms. The van der Waals surface area contributed by atoms with Gasteiger partial charge in [0.25, 0.3) is 0 Å². The molecule has 1 saturated carbocycles. The summed E-state index contributed by atoms with van der Waals surface area (Å²) >= 11 is 0. The van der Waals surface area contributed by atoms with Gasteiger partial charge in [-0.25, -0.2) is 0 Å². The van der Waals surface area contributed by atoms with Gasteiger partial charge >= 0.3 is 5.97 Å². The fourth-order valence-electron chi connectivity index (χ4n) is 3.43. The van der Waals surface area contributed by atoms with Gasteiger partial charge < -0.3 is 15.3 Å². The average molecular weight is 268 g/mol. The third kappa shape index (κ3) is 3.26. The first-order valence-corrected chi connectivity index (χ1v) is 7.20. The maximum atomic E-state index is 12.3. The number of amides is 1. The number of hydrogen-bond donors (Lipinski definition) is 2. The predicted molar refractivity (Wildman–Crippen MR) is 71.7 cm³/mol. The Hall–Kier alpha value is -1.10. The molecule has 4 atom stereocenters. The van der Waals surface area contributed by atoms with Gasteiger partial charge in [0.05, 0.1) is 11.8 Å². The molecule has 1 heterocycles. The number of carboxylic acids is 1. The van der Waals surface area contributed by atoms with Gasteiger partial charge in [0.15, 0.2) is 0 Å². The molecule has 1 amide bonds. The van der Waals surface area contributed by atoms with Gasteiger partial charge in [-0.1, -0.05) is 13.3 Å². The second kappa shape index (κ2) is 5.90. The number of hydrogen-bond acceptors (Lipinski definition) is 3. The van der Waals surface area contributed by atoms with E-state index >= 15 is 0 Å². The maximum absolute atomic E-state index is 12.3. The van der Waals surface area contributed by atoms with Crippen LogP contribution in [0, 0.1) is 17.8 Å². The Balaban J connectivity index is 1.92. The molecule has 1 aliphatic carbocycles. The Morgan fingerprint density at radius 1 is 1.21 bits per heavy atom. The molecule has 0 aromatic rings. The van der Waals surface area contributed by atoms with E-state index in [-0.39, 0.29) is 17.9 Å². The zero-order chi connectivity index (χ0) is 14.0. The Bertz CT molecular complexity index is 359. The Morgan fingerprint density at radius 2 is 1.89 bits per heavy atom. The Morgan fingerprint density at radius 3 is 2.53 bits per heavy atom. The van der Waals surface area contributed by atoms with Gasteiger partial charge in [-0.3, -0.25) is 9.59 Å². The van der Waals surface area contributed by atoms with Crippen LogP contribution in [-0.4, -0.2) is 48.1 Å². The molecule has 2 aliphatic rings. The monoisotopic (exact) mass is 268 g/mol. The molecule has 0 aromatic carbocycles. The number of carbonyl (C=O) groups is 2. The van der Waals surface area contributed by atoms with Crippen LogP contribution in [0.2, 0.25) is 0 Å². The van der Waals surface area contributed by atoms with Gasteiger partial charge in [-0.2, -0.15) is 0 Å². The highest BCUT2D eigenvalue weighted by Crippen LogP contribution is 2.32. The molecular weight excluding hydrogens is 244 g/mol. The quantitative estimate of drug-likeness (QED) is 0.799. The smallest absolute Gasteiger partial charge is 0.307 e. The van der Waals surface area contributed by atoms with E-state index in [1.807, 2.05) is 0 Å². The normalized spacial score (nSPS) is 36.1. The summed E-state index contributed by atoms with van der Waals surface area (Å²) in [5.41, 5.74) is 0. The van der Waals surface area contributed by atoms with Crippen molar-refractivity contribution < 1.29 is 14.7 Å². The summed E-state index contributed by atoms with van der Waals surface area (Å²) < 4.78 is 0. The highest BCUT2D eigenvalue weighted by atomic mass is 16.4. The van der Waals surface area contributed by atoms with Crippen LogP contribution in [0.1, 0.15) is 32.6 Å². The summed E-state index contributed by atoms with van der Waals surface area (Å²) in [7, 11) is 2.09. The van der Waals surface area contributed by atoms with E-state index in [1.54, 1.807) is 0 Å². The number of carboxylic acid groups (broad SMARTS) is 1. The molecule has 1 saturated heterocycles. The van der Waals surface area contributed by atoms with Crippen molar-refractivity contribution in [2.75, 3.05) is 20.1 Å². The average Bonchev–Trinajstić information content (AvgIpc) is 2.82. The van der Waals surface area contributed by atoms with E-state index in [1.165, 1.54) is 0 Å². The summed E-state index contributed by atoms with van der Waals surface area (Å²) in [6.07, 6.45) is 3.14. The first-order valence-electron chi connectivity index (χ1n) is 7.20. The molecule has 2 N–H and O–H groups in total. The number of nitrogens with one attached hydrogen (secondary N) is 1. The lowest BCUT2D eigenvalue weighted by Gasteiger charge is -2.35. The van der Waals surface area contributed by atoms with Gasteiger partial charge in [0, 0.05) is 12.6 Å². The second-order valence-corrected chi connectivity index (χ2v) is 6.13. The van der Waals surface area contributed by atoms with Crippen molar-refractivity contribution >= 4 is 11.9 Å². The molecule has 4 unspecified atom stereocenters. The van der Waals surface area contributed by atoms with Crippen molar-refractivity contribution in [1.82, 2.24) is 10.2 Å². The Labute approximate surface area is 114 Å². The standard InChI is InChI=1S/C14H24N2O3/c1-9-8-16(2)7-6-12(9)15-13(17)10-4-3-5-11(10)14(18)19/h9-12H,3-8H2,1-2H3,(H,15,17)(H,18,19). The minimum atomic E-state index is -0.825. The van der Waals surface area contributed by atoms with Crippen LogP contribution in [0.5, 0.6) is 0 Å². The highest BCUT2D eigenvalue weighted by Gasteiger charge is 2.39. The summed E-state index contributed by atoms with van der Waals surface area (Å²) in [5, 5.41) is 12.2. The maximum Gasteiger partial charge on any atom is 0.307 e. The van der Waals surface area contributed by atoms with E-state index in [9.17, 15) is 9.59 Å². The van der Waals surface area contributed by atoms with Crippen LogP contribution in [0.3, 0.4) is 0 Å². The Kier molecular flexibility index (Phi) is 4.45. The summed E-state index contributed by atoms with van der Waals surface area (Å²) in [6, 6.07) is 0.193. The minimum Gasteiger partial charge on any atom is -0.481 e. The molecule has 2 fully saturated rings. The number of rotatable bonds is 3. The number of likely N-dealkylation sites (tertiary alicyclic amines) is 1. The molecule has 0 bridgehead atoms. The topological polar surface area (TPSA) is 69.6 Å². The van der Waals surface area contributed by atoms with Crippen LogP contribution in [0.15, 0.2) is 0 Å². The summed E-state index contributed by atoms with van der Waals surface area (Å²) in [4.78, 5) is 25.7. The van der Waals surface area contributed by atoms with Crippen molar-refractivity contribution in [2.24, 2.45) is 17.8 Å². The molecule has 1 aliphatic heterocycles. The minimum absolute atomic E-state index is 0.0497. The zero-order valence-electron chi connectivity index (χ0n) is 11.8. The SMILES string of the molecule is CC1CN(C)CCC1NC(=O)C1CCCC1C(=O)O. The van der Waals surface area contributed by atoms with E-state index in [0.717, 1.165) is 25.9 Å². The van der Waals surface area contributed by atoms with Crippen LogP contribution >= 0.6 is 0 Å². The number of nitrogens with zero attached hydrogens (tertiary/aromatic N) is 1. The molecule has 5 nitrogen and oxygen atoms in total. The molecular formula is C14H24N2O3. The molecule has 0 radical (unpaired) electrons. The fourth-order valence-corrected chi connectivity index (χ4v) is 3.43. The van der Waals surface area contributed by atoms with Crippen molar-refractivity contribution in [2.45, 2.75) is 38.6 Å². The lowest BCUT2D eigenvalue weighted by Crippen LogP contribution is -2.50. The van der Waals surface area contributed by atoms with E-state index < -0.39 is 11.9 Å². The molecule has 0 spiro atoms. The van der Waals surface area contributed by atoms with E-state index in [0.29, 0.717) is 18.8 Å². The molecule has 108 valence electrons. The lowest BCUT2D eigenvalue weighted by atomic mass is 9.91. The van der Waals surface area contributed by atoms with Crippen LogP contribution < -0.4 is 5.32 Å². The van der Waals surface area contributed by atoms with Gasteiger partial charge in [0.2, 0.25) is 5.91 Å². The van der Waals surface area contributed by atoms with Crippen LogP contribution in [-0.2, 0) is 9.59 Å². The summed E-state index contributed by atoms with van der Waals surface area (Å²) in [5.74, 6) is -1.27. The number of carbonyl (C=O) groups excluding carboxylic acids is 1. The van der Waals surface area contributed by atoms with Crippen molar-refractivity contribution in [3.63, 3.8) is 0 Å². The van der Waals surface area contributed by atoms with Crippen molar-refractivity contribution in [3.8, 4) is 0 Å². The van der Waals surface area contributed by atoms with Gasteiger partial charge in [-0.05, 0) is 38.8 Å². The first kappa shape index (κ1) is 14.3. The van der Waals surface area contributed by atoms with Gasteiger partial charge in [-0.15, -0.1) is 0 Å². The predicted octanol–water partition coefficient (Wildman–Crippen LogP) is 0.944. The van der Waals surface area contributed by atoms with Crippen molar-refractivity contribution in [3.05, 3.63) is 0 Å². The molecule has 19 heavy (non-hydrogen) atoms. The molecule has 0 aromatic heterocycles. The van der Waals surface area contributed by atoms with Crippen LogP contribution in [0.4, 0.5) is 0 Å². The molecule has 2 rings (SSSR count). The fraction of sp³-hybridized carbons (Fsp3) is 0.857. The third-order valence-corrected chi connectivity index (χ3v) is 4.61. The zero-order valence-corrected chi connectivity index (χ0v) is 11.8. The third-order valence-electron chi connectivity index (χ3n) is 4.61. The van der Waals surface area contributed by atoms with Gasteiger partial charge in [0.1, 0.15) is 0 Å². The largest absolute Gasteiger partial charge is 0.481 e. The number of piperidine rings is 1.